The highest BCUT2D eigenvalue weighted by molar-refractivity contribution is 5.61. The second kappa shape index (κ2) is 6.35. The maximum Gasteiger partial charge on any atom is 0.203 e. The van der Waals surface area contributed by atoms with Crippen molar-refractivity contribution in [3.63, 3.8) is 0 Å². The minimum atomic E-state index is -0.755. The van der Waals surface area contributed by atoms with Crippen LogP contribution in [0.15, 0.2) is 43.0 Å². The van der Waals surface area contributed by atoms with Crippen LogP contribution in [0.5, 0.6) is 5.75 Å². The van der Waals surface area contributed by atoms with Gasteiger partial charge in [-0.2, -0.15) is 0 Å². The molecular weight excluding hydrogens is 289 g/mol. The van der Waals surface area contributed by atoms with Crippen LogP contribution < -0.4 is 10.1 Å². The van der Waals surface area contributed by atoms with Crippen LogP contribution in [0.2, 0.25) is 0 Å². The maximum absolute atomic E-state index is 12.8. The number of hydrogen-bond acceptors (Lipinski definition) is 6. The number of aliphatic hydroxyl groups is 1. The van der Waals surface area contributed by atoms with E-state index in [-0.39, 0.29) is 19.0 Å². The minimum Gasteiger partial charge on any atom is -0.491 e. The zero-order valence-corrected chi connectivity index (χ0v) is 11.6. The first-order valence-electron chi connectivity index (χ1n) is 6.67. The minimum absolute atomic E-state index is 0.0778. The molecule has 0 aliphatic carbocycles. The highest BCUT2D eigenvalue weighted by atomic mass is 19.1. The van der Waals surface area contributed by atoms with Crippen LogP contribution >= 0.6 is 0 Å². The van der Waals surface area contributed by atoms with Crippen molar-refractivity contribution in [2.75, 3.05) is 18.5 Å². The molecule has 1 aromatic carbocycles. The van der Waals surface area contributed by atoms with Crippen molar-refractivity contribution in [2.24, 2.45) is 0 Å². The van der Waals surface area contributed by atoms with E-state index in [1.165, 1.54) is 24.3 Å². The fourth-order valence-electron chi connectivity index (χ4n) is 1.88. The molecule has 114 valence electrons. The Morgan fingerprint density at radius 2 is 2.14 bits per heavy atom. The molecule has 0 fully saturated rings. The van der Waals surface area contributed by atoms with E-state index in [0.717, 1.165) is 0 Å². The summed E-state index contributed by atoms with van der Waals surface area (Å²) in [6.45, 7) is 0.315. The molecule has 0 aliphatic rings. The van der Waals surface area contributed by atoms with Crippen LogP contribution in [-0.4, -0.2) is 43.9 Å². The molecule has 8 heteroatoms. The Bertz CT molecular complexity index is 746. The first-order chi connectivity index (χ1) is 10.7. The Hall–Kier alpha value is -2.74. The number of nitrogens with one attached hydrogen (secondary N) is 1. The Kier molecular flexibility index (Phi) is 4.10. The number of aromatic nitrogens is 4. The lowest BCUT2D eigenvalue weighted by molar-refractivity contribution is 0.117. The summed E-state index contributed by atoms with van der Waals surface area (Å²) in [5.41, 5.74) is 0.578. The maximum atomic E-state index is 12.8. The lowest BCUT2D eigenvalue weighted by atomic mass is 10.3. The fraction of sp³-hybridized carbons (Fsp3) is 0.214. The Morgan fingerprint density at radius 1 is 1.32 bits per heavy atom. The number of fused-ring (bicyclic) bond motifs is 1. The molecule has 7 nitrogen and oxygen atoms in total. The summed E-state index contributed by atoms with van der Waals surface area (Å²) >= 11 is 0. The molecule has 0 amide bonds. The summed E-state index contributed by atoms with van der Waals surface area (Å²) in [7, 11) is 0. The molecule has 2 heterocycles. The van der Waals surface area contributed by atoms with E-state index < -0.39 is 6.10 Å². The number of hydrogen-bond donors (Lipinski definition) is 2. The van der Waals surface area contributed by atoms with E-state index >= 15 is 0 Å². The summed E-state index contributed by atoms with van der Waals surface area (Å²) in [5, 5.41) is 20.6. The standard InChI is InChI=1S/C14H14FN5O2/c15-10-1-3-12(4-2-10)22-8-11(21)7-17-13-14-19-18-9-20(14)6-5-16-13/h1-6,9,11,21H,7-8H2,(H,16,17)/t11-/m0/s1. The topological polar surface area (TPSA) is 84.6 Å². The molecule has 3 aromatic rings. The number of ether oxygens (including phenoxy) is 1. The summed E-state index contributed by atoms with van der Waals surface area (Å²) in [4.78, 5) is 4.15. The van der Waals surface area contributed by atoms with E-state index in [1.54, 1.807) is 23.1 Å². The van der Waals surface area contributed by atoms with Gasteiger partial charge in [-0.15, -0.1) is 10.2 Å². The number of halogens is 1. The van der Waals surface area contributed by atoms with Gasteiger partial charge >= 0.3 is 0 Å². The van der Waals surface area contributed by atoms with Gasteiger partial charge in [0.25, 0.3) is 0 Å². The molecule has 0 saturated heterocycles. The lowest BCUT2D eigenvalue weighted by Gasteiger charge is -2.13. The largest absolute Gasteiger partial charge is 0.491 e. The van der Waals surface area contributed by atoms with Crippen molar-refractivity contribution in [1.82, 2.24) is 19.6 Å². The molecule has 0 unspecified atom stereocenters. The number of nitrogens with zero attached hydrogens (tertiary/aromatic N) is 4. The van der Waals surface area contributed by atoms with Gasteiger partial charge in [-0.1, -0.05) is 0 Å². The van der Waals surface area contributed by atoms with Crippen LogP contribution in [0.3, 0.4) is 0 Å². The van der Waals surface area contributed by atoms with Gasteiger partial charge in [0, 0.05) is 18.9 Å². The fourth-order valence-corrected chi connectivity index (χ4v) is 1.88. The zero-order chi connectivity index (χ0) is 15.4. The smallest absolute Gasteiger partial charge is 0.203 e. The SMILES string of the molecule is O[C@@H](CNc1nccn2cnnc12)COc1ccc(F)cc1. The number of anilines is 1. The molecular formula is C14H14FN5O2. The first kappa shape index (κ1) is 14.2. The molecule has 3 rings (SSSR count). The third-order valence-corrected chi connectivity index (χ3v) is 2.98. The van der Waals surface area contributed by atoms with E-state index in [0.29, 0.717) is 17.2 Å². The van der Waals surface area contributed by atoms with Gasteiger partial charge in [0.2, 0.25) is 5.65 Å². The molecule has 0 aliphatic heterocycles. The molecule has 0 saturated carbocycles. The van der Waals surface area contributed by atoms with Crippen LogP contribution in [0, 0.1) is 5.82 Å². The van der Waals surface area contributed by atoms with Crippen molar-refractivity contribution >= 4 is 11.5 Å². The van der Waals surface area contributed by atoms with E-state index in [4.69, 9.17) is 4.74 Å². The van der Waals surface area contributed by atoms with Crippen molar-refractivity contribution in [2.45, 2.75) is 6.10 Å². The second-order valence-electron chi connectivity index (χ2n) is 4.64. The average Bonchev–Trinajstić information content (AvgIpc) is 3.01. The molecule has 2 N–H and O–H groups in total. The summed E-state index contributed by atoms with van der Waals surface area (Å²) in [5.74, 6) is 0.695. The van der Waals surface area contributed by atoms with E-state index in [9.17, 15) is 9.50 Å². The van der Waals surface area contributed by atoms with Gasteiger partial charge < -0.3 is 15.2 Å². The Labute approximate surface area is 125 Å². The number of benzene rings is 1. The first-order valence-corrected chi connectivity index (χ1v) is 6.67. The molecule has 2 aromatic heterocycles. The molecule has 0 radical (unpaired) electrons. The van der Waals surface area contributed by atoms with Gasteiger partial charge in [0.15, 0.2) is 5.82 Å². The van der Waals surface area contributed by atoms with Crippen LogP contribution in [0.25, 0.3) is 5.65 Å². The highest BCUT2D eigenvalue weighted by Crippen LogP contribution is 2.12. The Balaban J connectivity index is 1.53. The predicted octanol–water partition coefficient (Wildman–Crippen LogP) is 1.12. The summed E-state index contributed by atoms with van der Waals surface area (Å²) < 4.78 is 19.9. The van der Waals surface area contributed by atoms with Crippen molar-refractivity contribution < 1.29 is 14.2 Å². The monoisotopic (exact) mass is 303 g/mol. The number of aliphatic hydroxyl groups excluding tert-OH is 1. The Morgan fingerprint density at radius 3 is 2.95 bits per heavy atom. The van der Waals surface area contributed by atoms with Crippen LogP contribution in [-0.2, 0) is 0 Å². The quantitative estimate of drug-likeness (QED) is 0.710. The van der Waals surface area contributed by atoms with Gasteiger partial charge in [0.1, 0.15) is 30.6 Å². The predicted molar refractivity (Wildman–Crippen MR) is 77.2 cm³/mol. The summed E-state index contributed by atoms with van der Waals surface area (Å²) in [6, 6.07) is 5.62. The second-order valence-corrected chi connectivity index (χ2v) is 4.64. The third kappa shape index (κ3) is 3.29. The van der Waals surface area contributed by atoms with Crippen LogP contribution in [0.1, 0.15) is 0 Å². The molecule has 0 bridgehead atoms. The van der Waals surface area contributed by atoms with Gasteiger partial charge in [0.05, 0.1) is 0 Å². The van der Waals surface area contributed by atoms with Gasteiger partial charge in [-0.05, 0) is 24.3 Å². The lowest BCUT2D eigenvalue weighted by Crippen LogP contribution is -2.26. The van der Waals surface area contributed by atoms with Crippen LogP contribution in [0.4, 0.5) is 10.2 Å². The van der Waals surface area contributed by atoms with E-state index in [1.807, 2.05) is 0 Å². The molecule has 1 atom stereocenters. The van der Waals surface area contributed by atoms with Gasteiger partial charge in [-0.3, -0.25) is 4.40 Å². The normalized spacial score (nSPS) is 12.3. The number of rotatable bonds is 6. The molecule has 22 heavy (non-hydrogen) atoms. The highest BCUT2D eigenvalue weighted by Gasteiger charge is 2.09. The van der Waals surface area contributed by atoms with Crippen molar-refractivity contribution in [3.05, 3.63) is 48.8 Å². The zero-order valence-electron chi connectivity index (χ0n) is 11.6. The average molecular weight is 303 g/mol. The third-order valence-electron chi connectivity index (χ3n) is 2.98. The van der Waals surface area contributed by atoms with Crippen molar-refractivity contribution in [3.8, 4) is 5.75 Å². The van der Waals surface area contributed by atoms with Gasteiger partial charge in [-0.25, -0.2) is 9.37 Å². The van der Waals surface area contributed by atoms with Crippen molar-refractivity contribution in [1.29, 1.82) is 0 Å². The molecule has 0 spiro atoms. The van der Waals surface area contributed by atoms with E-state index in [2.05, 4.69) is 20.5 Å². The summed E-state index contributed by atoms with van der Waals surface area (Å²) in [6.07, 6.45) is 4.15.